The summed E-state index contributed by atoms with van der Waals surface area (Å²) in [6.45, 7) is 0.0609. The lowest BCUT2D eigenvalue weighted by atomic mass is 10.1. The number of benzene rings is 3. The predicted molar refractivity (Wildman–Crippen MR) is 96.5 cm³/mol. The van der Waals surface area contributed by atoms with Crippen molar-refractivity contribution in [3.63, 3.8) is 0 Å². The van der Waals surface area contributed by atoms with Crippen LogP contribution >= 0.6 is 0 Å². The van der Waals surface area contributed by atoms with Gasteiger partial charge in [0, 0.05) is 11.6 Å². The Morgan fingerprint density at radius 2 is 1.81 bits per heavy atom. The molecule has 0 fully saturated rings. The van der Waals surface area contributed by atoms with Gasteiger partial charge in [0.05, 0.1) is 5.56 Å². The maximum Gasteiger partial charge on any atom is 0.231 e. The van der Waals surface area contributed by atoms with Crippen LogP contribution in [0.25, 0.3) is 6.08 Å². The molecule has 0 saturated heterocycles. The van der Waals surface area contributed by atoms with Crippen LogP contribution in [-0.4, -0.2) is 5.78 Å². The molecular formula is C22H14F2O3. The summed E-state index contributed by atoms with van der Waals surface area (Å²) in [4.78, 5) is 12.4. The summed E-state index contributed by atoms with van der Waals surface area (Å²) >= 11 is 0. The van der Waals surface area contributed by atoms with Crippen LogP contribution in [-0.2, 0) is 6.61 Å². The highest BCUT2D eigenvalue weighted by atomic mass is 19.1. The van der Waals surface area contributed by atoms with E-state index in [1.165, 1.54) is 24.3 Å². The first-order chi connectivity index (χ1) is 13.1. The molecule has 1 aliphatic heterocycles. The Labute approximate surface area is 154 Å². The molecule has 0 radical (unpaired) electrons. The van der Waals surface area contributed by atoms with E-state index >= 15 is 0 Å². The molecule has 3 aromatic rings. The monoisotopic (exact) mass is 364 g/mol. The van der Waals surface area contributed by atoms with Crippen LogP contribution in [0.5, 0.6) is 11.5 Å². The zero-order valence-corrected chi connectivity index (χ0v) is 14.1. The van der Waals surface area contributed by atoms with Gasteiger partial charge >= 0.3 is 0 Å². The molecule has 1 heterocycles. The van der Waals surface area contributed by atoms with Crippen molar-refractivity contribution in [3.05, 3.63) is 101 Å². The van der Waals surface area contributed by atoms with Gasteiger partial charge in [-0.25, -0.2) is 8.78 Å². The summed E-state index contributed by atoms with van der Waals surface area (Å²) in [6, 6.07) is 17.0. The van der Waals surface area contributed by atoms with Crippen molar-refractivity contribution in [2.24, 2.45) is 0 Å². The van der Waals surface area contributed by atoms with E-state index in [2.05, 4.69) is 0 Å². The molecular weight excluding hydrogens is 350 g/mol. The Kier molecular flexibility index (Phi) is 4.42. The summed E-state index contributed by atoms with van der Waals surface area (Å²) in [5, 5.41) is 0. The molecule has 0 bridgehead atoms. The molecule has 0 unspecified atom stereocenters. The molecule has 27 heavy (non-hydrogen) atoms. The maximum absolute atomic E-state index is 13.7. The van der Waals surface area contributed by atoms with Crippen molar-refractivity contribution >= 4 is 11.9 Å². The van der Waals surface area contributed by atoms with Crippen LogP contribution in [0, 0.1) is 11.6 Å². The van der Waals surface area contributed by atoms with Gasteiger partial charge in [-0.3, -0.25) is 4.79 Å². The Morgan fingerprint density at radius 3 is 2.63 bits per heavy atom. The third-order valence-corrected chi connectivity index (χ3v) is 4.14. The van der Waals surface area contributed by atoms with E-state index in [0.717, 1.165) is 0 Å². The highest BCUT2D eigenvalue weighted by Crippen LogP contribution is 2.35. The average molecular weight is 364 g/mol. The first-order valence-electron chi connectivity index (χ1n) is 8.30. The standard InChI is InChI=1S/C22H14F2O3/c23-16-6-3-4-14(10-16)11-21-22(25)18-9-8-17(12-20(18)27-21)26-13-15-5-1-2-7-19(15)24/h1-12H,13H2/b21-11+. The lowest BCUT2D eigenvalue weighted by Crippen LogP contribution is -1.98. The predicted octanol–water partition coefficient (Wildman–Crippen LogP) is 5.16. The average Bonchev–Trinajstić information content (AvgIpc) is 2.96. The number of carbonyl (C=O) groups is 1. The number of Topliss-reactive ketones (excluding diaryl/α,β-unsaturated/α-hetero) is 1. The van der Waals surface area contributed by atoms with E-state index in [9.17, 15) is 13.6 Å². The summed E-state index contributed by atoms with van der Waals surface area (Å²) in [5.74, 6) is -0.0937. The first kappa shape index (κ1) is 17.0. The number of rotatable bonds is 4. The topological polar surface area (TPSA) is 35.5 Å². The van der Waals surface area contributed by atoms with Gasteiger partial charge in [0.2, 0.25) is 5.78 Å². The molecule has 4 rings (SSSR count). The van der Waals surface area contributed by atoms with Gasteiger partial charge in [-0.1, -0.05) is 30.3 Å². The lowest BCUT2D eigenvalue weighted by molar-refractivity contribution is 0.101. The molecule has 134 valence electrons. The third kappa shape index (κ3) is 3.58. The Bertz CT molecular complexity index is 1060. The van der Waals surface area contributed by atoms with Gasteiger partial charge in [0.1, 0.15) is 29.7 Å². The van der Waals surface area contributed by atoms with Crippen molar-refractivity contribution in [1.82, 2.24) is 0 Å². The van der Waals surface area contributed by atoms with Gasteiger partial charge in [0.25, 0.3) is 0 Å². The van der Waals surface area contributed by atoms with Crippen molar-refractivity contribution in [2.45, 2.75) is 6.61 Å². The van der Waals surface area contributed by atoms with Crippen LogP contribution in [0.3, 0.4) is 0 Å². The third-order valence-electron chi connectivity index (χ3n) is 4.14. The Morgan fingerprint density at radius 1 is 0.963 bits per heavy atom. The number of ketones is 1. The number of fused-ring (bicyclic) bond motifs is 1. The SMILES string of the molecule is O=C1/C(=C\c2cccc(F)c2)Oc2cc(OCc3ccccc3F)ccc21. The smallest absolute Gasteiger partial charge is 0.231 e. The second-order valence-electron chi connectivity index (χ2n) is 6.03. The minimum atomic E-state index is -0.392. The number of hydrogen-bond donors (Lipinski definition) is 0. The molecule has 0 amide bonds. The number of ether oxygens (including phenoxy) is 2. The lowest BCUT2D eigenvalue weighted by Gasteiger charge is -2.08. The van der Waals surface area contributed by atoms with Gasteiger partial charge < -0.3 is 9.47 Å². The van der Waals surface area contributed by atoms with Crippen molar-refractivity contribution in [2.75, 3.05) is 0 Å². The molecule has 1 aliphatic rings. The minimum absolute atomic E-state index is 0.0609. The maximum atomic E-state index is 13.7. The summed E-state index contributed by atoms with van der Waals surface area (Å²) < 4.78 is 38.2. The van der Waals surface area contributed by atoms with Crippen LogP contribution < -0.4 is 9.47 Å². The Balaban J connectivity index is 1.53. The van der Waals surface area contributed by atoms with E-state index in [1.807, 2.05) is 0 Å². The number of halogens is 2. The number of hydrogen-bond acceptors (Lipinski definition) is 3. The molecule has 5 heteroatoms. The molecule has 0 aliphatic carbocycles. The quantitative estimate of drug-likeness (QED) is 0.600. The summed E-state index contributed by atoms with van der Waals surface area (Å²) in [6.07, 6.45) is 1.49. The molecule has 3 nitrogen and oxygen atoms in total. The zero-order chi connectivity index (χ0) is 18.8. The Hall–Kier alpha value is -3.47. The largest absolute Gasteiger partial charge is 0.489 e. The normalized spacial score (nSPS) is 14.1. The molecule has 0 spiro atoms. The molecule has 3 aromatic carbocycles. The van der Waals surface area contributed by atoms with Crippen LogP contribution in [0.1, 0.15) is 21.5 Å². The van der Waals surface area contributed by atoms with Crippen LogP contribution in [0.2, 0.25) is 0 Å². The summed E-state index contributed by atoms with van der Waals surface area (Å²) in [7, 11) is 0. The second kappa shape index (κ2) is 7.03. The molecule has 0 saturated carbocycles. The van der Waals surface area contributed by atoms with Crippen LogP contribution in [0.15, 0.2) is 72.5 Å². The highest BCUT2D eigenvalue weighted by Gasteiger charge is 2.27. The number of allylic oxidation sites excluding steroid dienone is 1. The fourth-order valence-electron chi connectivity index (χ4n) is 2.78. The molecule has 0 N–H and O–H groups in total. The van der Waals surface area contributed by atoms with Gasteiger partial charge in [-0.15, -0.1) is 0 Å². The van der Waals surface area contributed by atoms with Crippen molar-refractivity contribution < 1.29 is 23.0 Å². The number of carbonyl (C=O) groups excluding carboxylic acids is 1. The van der Waals surface area contributed by atoms with E-state index in [-0.39, 0.29) is 24.0 Å². The van der Waals surface area contributed by atoms with E-state index < -0.39 is 5.82 Å². The first-order valence-corrected chi connectivity index (χ1v) is 8.30. The highest BCUT2D eigenvalue weighted by molar-refractivity contribution is 6.14. The molecule has 0 aromatic heterocycles. The molecule has 0 atom stereocenters. The zero-order valence-electron chi connectivity index (χ0n) is 14.1. The van der Waals surface area contributed by atoms with E-state index in [4.69, 9.17) is 9.47 Å². The van der Waals surface area contributed by atoms with Crippen molar-refractivity contribution in [1.29, 1.82) is 0 Å². The van der Waals surface area contributed by atoms with Gasteiger partial charge in [0.15, 0.2) is 5.76 Å². The second-order valence-corrected chi connectivity index (χ2v) is 6.03. The minimum Gasteiger partial charge on any atom is -0.489 e. The van der Waals surface area contributed by atoms with E-state index in [1.54, 1.807) is 48.5 Å². The van der Waals surface area contributed by atoms with Crippen LogP contribution in [0.4, 0.5) is 8.78 Å². The van der Waals surface area contributed by atoms with E-state index in [0.29, 0.717) is 28.2 Å². The fraction of sp³-hybridized carbons (Fsp3) is 0.0455. The van der Waals surface area contributed by atoms with Crippen molar-refractivity contribution in [3.8, 4) is 11.5 Å². The van der Waals surface area contributed by atoms with Gasteiger partial charge in [-0.05, 0) is 42.0 Å². The summed E-state index contributed by atoms with van der Waals surface area (Å²) in [5.41, 5.74) is 1.36. The fourth-order valence-corrected chi connectivity index (χ4v) is 2.78. The van der Waals surface area contributed by atoms with Gasteiger partial charge in [-0.2, -0.15) is 0 Å².